The van der Waals surface area contributed by atoms with Crippen LogP contribution in [0, 0.1) is 18.3 Å². The molecular formula is C20H21NO3. The number of nitriles is 1. The van der Waals surface area contributed by atoms with Crippen molar-refractivity contribution < 1.29 is 14.3 Å². The molecule has 4 heteroatoms. The van der Waals surface area contributed by atoms with Crippen LogP contribution in [0.15, 0.2) is 42.5 Å². The average molecular weight is 323 g/mol. The van der Waals surface area contributed by atoms with Gasteiger partial charge in [-0.2, -0.15) is 5.26 Å². The highest BCUT2D eigenvalue weighted by Crippen LogP contribution is 2.27. The lowest BCUT2D eigenvalue weighted by atomic mass is 10.0. The molecule has 0 radical (unpaired) electrons. The Morgan fingerprint density at radius 1 is 1.17 bits per heavy atom. The first-order valence-corrected chi connectivity index (χ1v) is 7.87. The summed E-state index contributed by atoms with van der Waals surface area (Å²) < 4.78 is 10.9. The molecule has 2 rings (SSSR count). The summed E-state index contributed by atoms with van der Waals surface area (Å²) in [7, 11) is 0. The minimum absolute atomic E-state index is 0.126. The molecule has 0 saturated heterocycles. The van der Waals surface area contributed by atoms with Gasteiger partial charge in [-0.25, -0.2) is 4.79 Å². The number of carbonyl (C=O) groups excluding carboxylic acids is 1. The number of rotatable bonds is 6. The van der Waals surface area contributed by atoms with Crippen molar-refractivity contribution in [1.82, 2.24) is 0 Å². The fourth-order valence-corrected chi connectivity index (χ4v) is 2.26. The third-order valence-electron chi connectivity index (χ3n) is 3.62. The molecule has 0 aromatic heterocycles. The Morgan fingerprint density at radius 2 is 1.88 bits per heavy atom. The molecular weight excluding hydrogens is 302 g/mol. The second-order valence-corrected chi connectivity index (χ2v) is 5.95. The van der Waals surface area contributed by atoms with Gasteiger partial charge in [-0.1, -0.05) is 38.1 Å². The first-order valence-electron chi connectivity index (χ1n) is 7.87. The van der Waals surface area contributed by atoms with Gasteiger partial charge in [0.05, 0.1) is 11.6 Å². The molecule has 0 heterocycles. The summed E-state index contributed by atoms with van der Waals surface area (Å²) in [5, 5.41) is 8.75. The van der Waals surface area contributed by atoms with Gasteiger partial charge in [-0.15, -0.1) is 0 Å². The maximum Gasteiger partial charge on any atom is 0.344 e. The standard InChI is InChI=1S/C20H21NO3/c1-14(2)18-9-4-15(3)10-19(18)23-13-20(22)24-12-17-7-5-16(11-21)6-8-17/h4-10,14H,12-13H2,1-3H3. The second kappa shape index (κ2) is 8.16. The Kier molecular flexibility index (Phi) is 5.97. The van der Waals surface area contributed by atoms with Crippen LogP contribution in [0.5, 0.6) is 5.75 Å². The van der Waals surface area contributed by atoms with E-state index in [4.69, 9.17) is 14.7 Å². The number of hydrogen-bond acceptors (Lipinski definition) is 4. The highest BCUT2D eigenvalue weighted by Gasteiger charge is 2.11. The monoisotopic (exact) mass is 323 g/mol. The second-order valence-electron chi connectivity index (χ2n) is 5.95. The fourth-order valence-electron chi connectivity index (χ4n) is 2.26. The summed E-state index contributed by atoms with van der Waals surface area (Å²) in [5.74, 6) is 0.617. The van der Waals surface area contributed by atoms with Crippen LogP contribution in [0.1, 0.15) is 42.0 Å². The van der Waals surface area contributed by atoms with E-state index < -0.39 is 5.97 Å². The molecule has 0 aliphatic carbocycles. The van der Waals surface area contributed by atoms with Gasteiger partial charge in [-0.05, 0) is 47.7 Å². The van der Waals surface area contributed by atoms with Crippen molar-refractivity contribution in [3.05, 3.63) is 64.7 Å². The van der Waals surface area contributed by atoms with Crippen LogP contribution in [0.2, 0.25) is 0 Å². The molecule has 2 aromatic carbocycles. The van der Waals surface area contributed by atoms with E-state index in [2.05, 4.69) is 13.8 Å². The van der Waals surface area contributed by atoms with Crippen LogP contribution in [0.4, 0.5) is 0 Å². The molecule has 4 nitrogen and oxygen atoms in total. The van der Waals surface area contributed by atoms with Crippen molar-refractivity contribution in [3.8, 4) is 11.8 Å². The minimum Gasteiger partial charge on any atom is -0.482 e. The first kappa shape index (κ1) is 17.6. The van der Waals surface area contributed by atoms with Crippen molar-refractivity contribution >= 4 is 5.97 Å². The van der Waals surface area contributed by atoms with Crippen LogP contribution in [-0.2, 0) is 16.1 Å². The normalized spacial score (nSPS) is 10.3. The molecule has 0 fully saturated rings. The van der Waals surface area contributed by atoms with Gasteiger partial charge in [0.1, 0.15) is 12.4 Å². The minimum atomic E-state index is -0.421. The largest absolute Gasteiger partial charge is 0.482 e. The smallest absolute Gasteiger partial charge is 0.344 e. The lowest BCUT2D eigenvalue weighted by Crippen LogP contribution is -2.15. The highest BCUT2D eigenvalue weighted by atomic mass is 16.6. The maximum atomic E-state index is 11.9. The Bertz CT molecular complexity index is 742. The zero-order valence-corrected chi connectivity index (χ0v) is 14.2. The predicted molar refractivity (Wildman–Crippen MR) is 91.7 cm³/mol. The summed E-state index contributed by atoms with van der Waals surface area (Å²) in [6.07, 6.45) is 0. The number of esters is 1. The predicted octanol–water partition coefficient (Wildman–Crippen LogP) is 4.11. The highest BCUT2D eigenvalue weighted by molar-refractivity contribution is 5.71. The lowest BCUT2D eigenvalue weighted by Gasteiger charge is -2.14. The van der Waals surface area contributed by atoms with Gasteiger partial charge in [0, 0.05) is 0 Å². The van der Waals surface area contributed by atoms with Gasteiger partial charge in [0.15, 0.2) is 6.61 Å². The van der Waals surface area contributed by atoms with Crippen molar-refractivity contribution in [3.63, 3.8) is 0 Å². The Labute approximate surface area is 142 Å². The number of hydrogen-bond donors (Lipinski definition) is 0. The van der Waals surface area contributed by atoms with E-state index in [1.54, 1.807) is 24.3 Å². The van der Waals surface area contributed by atoms with Crippen molar-refractivity contribution in [2.24, 2.45) is 0 Å². The molecule has 24 heavy (non-hydrogen) atoms. The quantitative estimate of drug-likeness (QED) is 0.751. The Morgan fingerprint density at radius 3 is 2.50 bits per heavy atom. The van der Waals surface area contributed by atoms with Gasteiger partial charge in [0.25, 0.3) is 0 Å². The molecule has 0 N–H and O–H groups in total. The van der Waals surface area contributed by atoms with Crippen molar-refractivity contribution in [2.75, 3.05) is 6.61 Å². The van der Waals surface area contributed by atoms with Gasteiger partial charge < -0.3 is 9.47 Å². The van der Waals surface area contributed by atoms with Crippen LogP contribution in [0.25, 0.3) is 0 Å². The van der Waals surface area contributed by atoms with Gasteiger partial charge >= 0.3 is 5.97 Å². The van der Waals surface area contributed by atoms with E-state index in [0.29, 0.717) is 11.5 Å². The first-order chi connectivity index (χ1) is 11.5. The summed E-state index contributed by atoms with van der Waals surface area (Å²) in [6.45, 7) is 6.19. The molecule has 0 amide bonds. The summed E-state index contributed by atoms with van der Waals surface area (Å²) in [4.78, 5) is 11.9. The lowest BCUT2D eigenvalue weighted by molar-refractivity contribution is -0.147. The number of ether oxygens (including phenoxy) is 2. The topological polar surface area (TPSA) is 59.3 Å². The van der Waals surface area contributed by atoms with Crippen molar-refractivity contribution in [1.29, 1.82) is 5.26 Å². The molecule has 0 spiro atoms. The number of nitrogens with zero attached hydrogens (tertiary/aromatic N) is 1. The van der Waals surface area contributed by atoms with Crippen LogP contribution in [-0.4, -0.2) is 12.6 Å². The van der Waals surface area contributed by atoms with Crippen LogP contribution in [0.3, 0.4) is 0 Å². The molecule has 0 aliphatic rings. The Hall–Kier alpha value is -2.80. The van der Waals surface area contributed by atoms with Gasteiger partial charge in [0.2, 0.25) is 0 Å². The SMILES string of the molecule is Cc1ccc(C(C)C)c(OCC(=O)OCc2ccc(C#N)cc2)c1. The molecule has 0 saturated carbocycles. The van der Waals surface area contributed by atoms with E-state index in [-0.39, 0.29) is 13.2 Å². The van der Waals surface area contributed by atoms with Crippen LogP contribution < -0.4 is 4.74 Å². The van der Waals surface area contributed by atoms with E-state index in [0.717, 1.165) is 22.4 Å². The van der Waals surface area contributed by atoms with E-state index in [1.165, 1.54) is 0 Å². The number of benzene rings is 2. The van der Waals surface area contributed by atoms with Gasteiger partial charge in [-0.3, -0.25) is 0 Å². The molecule has 0 bridgehead atoms. The number of carbonyl (C=O) groups is 1. The third-order valence-corrected chi connectivity index (χ3v) is 3.62. The molecule has 124 valence electrons. The fraction of sp³-hybridized carbons (Fsp3) is 0.300. The third kappa shape index (κ3) is 4.85. The zero-order valence-electron chi connectivity index (χ0n) is 14.2. The summed E-state index contributed by atoms with van der Waals surface area (Å²) in [6, 6.07) is 15.0. The maximum absolute atomic E-state index is 11.9. The van der Waals surface area contributed by atoms with Crippen LogP contribution >= 0.6 is 0 Å². The summed E-state index contributed by atoms with van der Waals surface area (Å²) in [5.41, 5.74) is 3.57. The molecule has 0 unspecified atom stereocenters. The van der Waals surface area contributed by atoms with E-state index >= 15 is 0 Å². The molecule has 2 aromatic rings. The number of aryl methyl sites for hydroxylation is 1. The van der Waals surface area contributed by atoms with E-state index in [1.807, 2.05) is 31.2 Å². The average Bonchev–Trinajstić information content (AvgIpc) is 2.58. The summed E-state index contributed by atoms with van der Waals surface area (Å²) >= 11 is 0. The molecule has 0 atom stereocenters. The van der Waals surface area contributed by atoms with Crippen molar-refractivity contribution in [2.45, 2.75) is 33.3 Å². The Balaban J connectivity index is 1.89. The zero-order chi connectivity index (χ0) is 17.5. The van der Waals surface area contributed by atoms with E-state index in [9.17, 15) is 4.79 Å². The molecule has 0 aliphatic heterocycles.